The van der Waals surface area contributed by atoms with Crippen molar-refractivity contribution in [3.8, 4) is 0 Å². The maximum absolute atomic E-state index is 6.66. The van der Waals surface area contributed by atoms with Gasteiger partial charge in [-0.05, 0) is 69.6 Å². The molecule has 1 fully saturated rings. The molecular weight excluding hydrogens is 256 g/mol. The summed E-state index contributed by atoms with van der Waals surface area (Å²) in [4.78, 5) is 0. The van der Waals surface area contributed by atoms with Crippen LogP contribution >= 0.6 is 11.6 Å². The first-order valence-electron chi connectivity index (χ1n) is 7.34. The van der Waals surface area contributed by atoms with Crippen LogP contribution in [0.25, 0.3) is 0 Å². The first-order chi connectivity index (χ1) is 9.01. The van der Waals surface area contributed by atoms with E-state index in [1.54, 1.807) is 0 Å². The van der Waals surface area contributed by atoms with Crippen LogP contribution in [0.1, 0.15) is 53.8 Å². The number of benzene rings is 1. The summed E-state index contributed by atoms with van der Waals surface area (Å²) < 4.78 is 5.62. The van der Waals surface area contributed by atoms with E-state index in [1.807, 2.05) is 0 Å². The summed E-state index contributed by atoms with van der Waals surface area (Å²) >= 11 is 6.66. The fourth-order valence-electron chi connectivity index (χ4n) is 3.33. The molecule has 0 amide bonds. The molecule has 0 saturated heterocycles. The van der Waals surface area contributed by atoms with Crippen molar-refractivity contribution in [2.75, 3.05) is 6.61 Å². The van der Waals surface area contributed by atoms with E-state index in [9.17, 15) is 0 Å². The Labute approximate surface area is 122 Å². The third-order valence-electron chi connectivity index (χ3n) is 4.19. The molecule has 1 nitrogen and oxygen atoms in total. The molecule has 0 spiro atoms. The molecule has 0 heterocycles. The Morgan fingerprint density at radius 2 is 1.79 bits per heavy atom. The van der Waals surface area contributed by atoms with Crippen molar-refractivity contribution in [1.82, 2.24) is 0 Å². The van der Waals surface area contributed by atoms with Crippen LogP contribution in [0, 0.1) is 26.7 Å². The molecule has 1 unspecified atom stereocenters. The maximum Gasteiger partial charge on any atom is 0.0593 e. The van der Waals surface area contributed by atoms with Gasteiger partial charge in [-0.1, -0.05) is 17.7 Å². The van der Waals surface area contributed by atoms with Gasteiger partial charge in [0.1, 0.15) is 0 Å². The van der Waals surface area contributed by atoms with Gasteiger partial charge in [-0.2, -0.15) is 0 Å². The number of alkyl halides is 1. The standard InChI is InChI=1S/C17H25ClO/c1-5-19-15-8-14(9-15)10-16(18)17-12(3)6-11(2)7-13(17)4/h6-7,14-16H,5,8-10H2,1-4H3. The number of halogens is 1. The van der Waals surface area contributed by atoms with Crippen LogP contribution in [0.5, 0.6) is 0 Å². The highest BCUT2D eigenvalue weighted by molar-refractivity contribution is 6.21. The second-order valence-electron chi connectivity index (χ2n) is 5.93. The quantitative estimate of drug-likeness (QED) is 0.682. The summed E-state index contributed by atoms with van der Waals surface area (Å²) in [5.41, 5.74) is 5.33. The highest BCUT2D eigenvalue weighted by atomic mass is 35.5. The zero-order valence-electron chi connectivity index (χ0n) is 12.5. The van der Waals surface area contributed by atoms with E-state index in [-0.39, 0.29) is 5.38 Å². The predicted molar refractivity (Wildman–Crippen MR) is 82.0 cm³/mol. The van der Waals surface area contributed by atoms with Gasteiger partial charge in [0, 0.05) is 6.61 Å². The van der Waals surface area contributed by atoms with Crippen LogP contribution in [-0.2, 0) is 4.74 Å². The first-order valence-corrected chi connectivity index (χ1v) is 7.78. The average Bonchev–Trinajstić information content (AvgIpc) is 2.24. The minimum Gasteiger partial charge on any atom is -0.378 e. The Bertz CT molecular complexity index is 412. The number of aryl methyl sites for hydroxylation is 3. The summed E-state index contributed by atoms with van der Waals surface area (Å²) in [5, 5.41) is 0.146. The normalized spacial score (nSPS) is 24.1. The second-order valence-corrected chi connectivity index (χ2v) is 6.46. The minimum absolute atomic E-state index is 0.146. The molecule has 1 saturated carbocycles. The van der Waals surface area contributed by atoms with Gasteiger partial charge in [0.25, 0.3) is 0 Å². The summed E-state index contributed by atoms with van der Waals surface area (Å²) in [7, 11) is 0. The molecule has 2 heteroatoms. The smallest absolute Gasteiger partial charge is 0.0593 e. The summed E-state index contributed by atoms with van der Waals surface area (Å²) in [6, 6.07) is 4.48. The van der Waals surface area contributed by atoms with Crippen molar-refractivity contribution < 1.29 is 4.74 Å². The summed E-state index contributed by atoms with van der Waals surface area (Å²) in [5.74, 6) is 0.735. The maximum atomic E-state index is 6.66. The fourth-order valence-corrected chi connectivity index (χ4v) is 3.93. The summed E-state index contributed by atoms with van der Waals surface area (Å²) in [6.45, 7) is 9.39. The van der Waals surface area contributed by atoms with E-state index in [4.69, 9.17) is 16.3 Å². The lowest BCUT2D eigenvalue weighted by Crippen LogP contribution is -2.32. The molecule has 1 aromatic rings. The minimum atomic E-state index is 0.146. The number of hydrogen-bond donors (Lipinski definition) is 0. The Morgan fingerprint density at radius 3 is 2.32 bits per heavy atom. The van der Waals surface area contributed by atoms with E-state index >= 15 is 0 Å². The lowest BCUT2D eigenvalue weighted by molar-refractivity contribution is -0.0267. The van der Waals surface area contributed by atoms with Gasteiger partial charge < -0.3 is 4.74 Å². The molecule has 0 bridgehead atoms. The van der Waals surface area contributed by atoms with Gasteiger partial charge in [0.15, 0.2) is 0 Å². The largest absolute Gasteiger partial charge is 0.378 e. The molecular formula is C17H25ClO. The van der Waals surface area contributed by atoms with Crippen LogP contribution in [0.3, 0.4) is 0 Å². The topological polar surface area (TPSA) is 9.23 Å². The molecule has 0 aromatic heterocycles. The molecule has 1 atom stereocenters. The van der Waals surface area contributed by atoms with Gasteiger partial charge in [-0.3, -0.25) is 0 Å². The molecule has 0 aliphatic heterocycles. The Morgan fingerprint density at radius 1 is 1.21 bits per heavy atom. The molecule has 0 N–H and O–H groups in total. The van der Waals surface area contributed by atoms with Crippen molar-refractivity contribution in [2.45, 2.75) is 58.4 Å². The molecule has 1 aliphatic rings. The van der Waals surface area contributed by atoms with E-state index < -0.39 is 0 Å². The number of ether oxygens (including phenoxy) is 1. The van der Waals surface area contributed by atoms with E-state index in [1.165, 1.54) is 35.1 Å². The van der Waals surface area contributed by atoms with E-state index in [0.29, 0.717) is 6.10 Å². The van der Waals surface area contributed by atoms with Crippen molar-refractivity contribution in [3.63, 3.8) is 0 Å². The van der Waals surface area contributed by atoms with Crippen molar-refractivity contribution >= 4 is 11.6 Å². The SMILES string of the molecule is CCOC1CC(CC(Cl)c2c(C)cc(C)cc2C)C1. The lowest BCUT2D eigenvalue weighted by atomic mass is 9.78. The van der Waals surface area contributed by atoms with E-state index in [0.717, 1.165) is 18.9 Å². The average molecular weight is 281 g/mol. The zero-order chi connectivity index (χ0) is 14.0. The van der Waals surface area contributed by atoms with Crippen molar-refractivity contribution in [1.29, 1.82) is 0 Å². The molecule has 19 heavy (non-hydrogen) atoms. The zero-order valence-corrected chi connectivity index (χ0v) is 13.3. The fraction of sp³-hybridized carbons (Fsp3) is 0.647. The Kier molecular flexibility index (Phi) is 4.92. The Hall–Kier alpha value is -0.530. The van der Waals surface area contributed by atoms with Crippen LogP contribution in [0.4, 0.5) is 0 Å². The van der Waals surface area contributed by atoms with Crippen molar-refractivity contribution in [3.05, 3.63) is 34.4 Å². The monoisotopic (exact) mass is 280 g/mol. The number of rotatable bonds is 5. The third-order valence-corrected chi connectivity index (χ3v) is 4.58. The second kappa shape index (κ2) is 6.28. The van der Waals surface area contributed by atoms with Gasteiger partial charge in [0.05, 0.1) is 11.5 Å². The molecule has 0 radical (unpaired) electrons. The third kappa shape index (κ3) is 3.52. The van der Waals surface area contributed by atoms with Gasteiger partial charge in [-0.25, -0.2) is 0 Å². The lowest BCUT2D eigenvalue weighted by Gasteiger charge is -2.36. The molecule has 1 aliphatic carbocycles. The summed E-state index contributed by atoms with van der Waals surface area (Å²) in [6.07, 6.45) is 3.93. The Balaban J connectivity index is 1.96. The molecule has 2 rings (SSSR count). The highest BCUT2D eigenvalue weighted by Gasteiger charge is 2.31. The van der Waals surface area contributed by atoms with Crippen molar-refractivity contribution in [2.24, 2.45) is 5.92 Å². The molecule has 106 valence electrons. The molecule has 1 aromatic carbocycles. The number of hydrogen-bond acceptors (Lipinski definition) is 1. The van der Waals surface area contributed by atoms with Gasteiger partial charge in [-0.15, -0.1) is 11.6 Å². The van der Waals surface area contributed by atoms with E-state index in [2.05, 4.69) is 39.8 Å². The van der Waals surface area contributed by atoms with Crippen LogP contribution in [0.2, 0.25) is 0 Å². The van der Waals surface area contributed by atoms with Gasteiger partial charge >= 0.3 is 0 Å². The highest BCUT2D eigenvalue weighted by Crippen LogP contribution is 2.41. The van der Waals surface area contributed by atoms with Gasteiger partial charge in [0.2, 0.25) is 0 Å². The first kappa shape index (κ1) is 14.9. The van der Waals surface area contributed by atoms with Crippen LogP contribution in [-0.4, -0.2) is 12.7 Å². The predicted octanol–water partition coefficient (Wildman–Crippen LogP) is 5.10. The van der Waals surface area contributed by atoms with Crippen LogP contribution in [0.15, 0.2) is 12.1 Å². The van der Waals surface area contributed by atoms with Crippen LogP contribution < -0.4 is 0 Å².